The van der Waals surface area contributed by atoms with Crippen LogP contribution in [-0.2, 0) is 4.79 Å². The molecule has 4 nitrogen and oxygen atoms in total. The molecule has 0 radical (unpaired) electrons. The topological polar surface area (TPSA) is 54.9 Å². The number of rotatable bonds is 4. The second-order valence-electron chi connectivity index (χ2n) is 3.98. The zero-order valence-electron chi connectivity index (χ0n) is 10.6. The van der Waals surface area contributed by atoms with E-state index in [0.717, 1.165) is 27.7 Å². The highest BCUT2D eigenvalue weighted by Gasteiger charge is 2.12. The van der Waals surface area contributed by atoms with Gasteiger partial charge in [0.05, 0.1) is 21.3 Å². The molecule has 18 heavy (non-hydrogen) atoms. The maximum atomic E-state index is 11.5. The van der Waals surface area contributed by atoms with Crippen molar-refractivity contribution >= 4 is 33.7 Å². The van der Waals surface area contributed by atoms with Gasteiger partial charge >= 0.3 is 0 Å². The second-order valence-corrected chi connectivity index (χ2v) is 6.04. The number of thiazole rings is 2. The molecule has 0 unspecified atom stereocenters. The van der Waals surface area contributed by atoms with Gasteiger partial charge < -0.3 is 5.32 Å². The average Bonchev–Trinajstić information content (AvgIpc) is 2.85. The van der Waals surface area contributed by atoms with Crippen LogP contribution in [0.1, 0.15) is 30.5 Å². The third-order valence-corrected chi connectivity index (χ3v) is 4.22. The Morgan fingerprint density at radius 3 is 2.78 bits per heavy atom. The minimum atomic E-state index is 0.0237. The summed E-state index contributed by atoms with van der Waals surface area (Å²) in [4.78, 5) is 21.4. The minimum absolute atomic E-state index is 0.0237. The van der Waals surface area contributed by atoms with Crippen LogP contribution >= 0.6 is 22.7 Å². The molecule has 0 fully saturated rings. The van der Waals surface area contributed by atoms with Gasteiger partial charge in [-0.1, -0.05) is 6.92 Å². The summed E-state index contributed by atoms with van der Waals surface area (Å²) < 4.78 is 0. The highest BCUT2D eigenvalue weighted by atomic mass is 32.1. The van der Waals surface area contributed by atoms with Gasteiger partial charge in [0.15, 0.2) is 5.13 Å². The number of nitrogens with one attached hydrogen (secondary N) is 1. The largest absolute Gasteiger partial charge is 0.302 e. The maximum Gasteiger partial charge on any atom is 0.226 e. The van der Waals surface area contributed by atoms with Gasteiger partial charge in [-0.3, -0.25) is 4.79 Å². The number of aromatic nitrogens is 2. The molecule has 0 bridgehead atoms. The van der Waals surface area contributed by atoms with Crippen LogP contribution in [-0.4, -0.2) is 15.9 Å². The average molecular weight is 281 g/mol. The summed E-state index contributed by atoms with van der Waals surface area (Å²) in [6.07, 6.45) is 1.38. The number of anilines is 1. The van der Waals surface area contributed by atoms with Crippen molar-refractivity contribution in [2.75, 3.05) is 5.32 Å². The summed E-state index contributed by atoms with van der Waals surface area (Å²) in [5.74, 6) is 0.0237. The first-order chi connectivity index (χ1) is 8.60. The Morgan fingerprint density at radius 1 is 1.39 bits per heavy atom. The number of amides is 1. The fourth-order valence-corrected chi connectivity index (χ4v) is 3.29. The summed E-state index contributed by atoms with van der Waals surface area (Å²) in [6.45, 7) is 5.95. The Bertz CT molecular complexity index is 559. The molecule has 0 aliphatic rings. The highest BCUT2D eigenvalue weighted by molar-refractivity contribution is 7.16. The Kier molecular flexibility index (Phi) is 4.08. The zero-order chi connectivity index (χ0) is 13.1. The summed E-state index contributed by atoms with van der Waals surface area (Å²) >= 11 is 3.08. The van der Waals surface area contributed by atoms with E-state index in [2.05, 4.69) is 15.3 Å². The lowest BCUT2D eigenvalue weighted by molar-refractivity contribution is -0.116. The Hall–Kier alpha value is -1.27. The molecule has 0 spiro atoms. The molecule has 2 aromatic rings. The van der Waals surface area contributed by atoms with Crippen molar-refractivity contribution in [3.8, 4) is 10.6 Å². The molecular formula is C12H15N3OS2. The van der Waals surface area contributed by atoms with Crippen LogP contribution in [0.15, 0.2) is 5.38 Å². The molecule has 0 saturated carbocycles. The maximum absolute atomic E-state index is 11.5. The number of carbonyl (C=O) groups is 1. The minimum Gasteiger partial charge on any atom is -0.302 e. The van der Waals surface area contributed by atoms with Crippen molar-refractivity contribution in [1.29, 1.82) is 0 Å². The van der Waals surface area contributed by atoms with Crippen molar-refractivity contribution in [2.45, 2.75) is 33.6 Å². The zero-order valence-corrected chi connectivity index (χ0v) is 12.2. The first-order valence-corrected chi connectivity index (χ1v) is 7.49. The molecule has 2 heterocycles. The molecule has 0 aliphatic carbocycles. The monoisotopic (exact) mass is 281 g/mol. The third kappa shape index (κ3) is 2.94. The van der Waals surface area contributed by atoms with E-state index in [0.29, 0.717) is 11.6 Å². The fraction of sp³-hybridized carbons (Fsp3) is 0.417. The lowest BCUT2D eigenvalue weighted by atomic mass is 10.3. The van der Waals surface area contributed by atoms with E-state index in [1.165, 1.54) is 11.3 Å². The van der Waals surface area contributed by atoms with Crippen LogP contribution in [0.3, 0.4) is 0 Å². The number of carbonyl (C=O) groups excluding carboxylic acids is 1. The molecule has 0 saturated heterocycles. The van der Waals surface area contributed by atoms with E-state index in [1.54, 1.807) is 11.3 Å². The number of nitrogens with zero attached hydrogens (tertiary/aromatic N) is 2. The van der Waals surface area contributed by atoms with E-state index >= 15 is 0 Å². The molecule has 2 rings (SSSR count). The summed E-state index contributed by atoms with van der Waals surface area (Å²) in [6, 6.07) is 0. The normalized spacial score (nSPS) is 10.6. The predicted octanol–water partition coefficient (Wildman–Crippen LogP) is 3.62. The van der Waals surface area contributed by atoms with Gasteiger partial charge in [-0.2, -0.15) is 0 Å². The number of aryl methyl sites for hydroxylation is 2. The molecule has 1 amide bonds. The SMILES string of the molecule is CCCC(=O)Nc1nc(-c2sc(C)nc2C)cs1. The van der Waals surface area contributed by atoms with Crippen molar-refractivity contribution < 1.29 is 4.79 Å². The van der Waals surface area contributed by atoms with Crippen LogP contribution < -0.4 is 5.32 Å². The van der Waals surface area contributed by atoms with Crippen LogP contribution in [0.4, 0.5) is 5.13 Å². The molecule has 0 aromatic carbocycles. The molecule has 1 N–H and O–H groups in total. The van der Waals surface area contributed by atoms with E-state index in [1.807, 2.05) is 26.2 Å². The number of hydrogen-bond acceptors (Lipinski definition) is 5. The van der Waals surface area contributed by atoms with Crippen molar-refractivity contribution in [3.05, 3.63) is 16.1 Å². The second kappa shape index (κ2) is 5.58. The van der Waals surface area contributed by atoms with Gasteiger partial charge in [0.2, 0.25) is 5.91 Å². The van der Waals surface area contributed by atoms with Crippen molar-refractivity contribution in [2.24, 2.45) is 0 Å². The van der Waals surface area contributed by atoms with Gasteiger partial charge in [-0.15, -0.1) is 22.7 Å². The predicted molar refractivity (Wildman–Crippen MR) is 76.2 cm³/mol. The smallest absolute Gasteiger partial charge is 0.226 e. The molecule has 96 valence electrons. The first kappa shape index (κ1) is 13.2. The van der Waals surface area contributed by atoms with E-state index in [9.17, 15) is 4.79 Å². The molecule has 0 atom stereocenters. The van der Waals surface area contributed by atoms with Gasteiger partial charge in [0, 0.05) is 11.8 Å². The highest BCUT2D eigenvalue weighted by Crippen LogP contribution is 2.31. The van der Waals surface area contributed by atoms with Crippen molar-refractivity contribution in [1.82, 2.24) is 9.97 Å². The van der Waals surface area contributed by atoms with E-state index in [-0.39, 0.29) is 5.91 Å². The quantitative estimate of drug-likeness (QED) is 0.931. The lowest BCUT2D eigenvalue weighted by Gasteiger charge is -1.98. The standard InChI is InChI=1S/C12H15N3OS2/c1-4-5-10(16)15-12-14-9(6-17-12)11-7(2)13-8(3)18-11/h6H,4-5H2,1-3H3,(H,14,15,16). The van der Waals surface area contributed by atoms with Crippen molar-refractivity contribution in [3.63, 3.8) is 0 Å². The molecule has 0 aliphatic heterocycles. The van der Waals surface area contributed by atoms with Crippen LogP contribution in [0.25, 0.3) is 10.6 Å². The fourth-order valence-electron chi connectivity index (χ4n) is 1.61. The summed E-state index contributed by atoms with van der Waals surface area (Å²) in [5, 5.41) is 6.47. The summed E-state index contributed by atoms with van der Waals surface area (Å²) in [7, 11) is 0. The molecule has 2 aromatic heterocycles. The van der Waals surface area contributed by atoms with Crippen LogP contribution in [0, 0.1) is 13.8 Å². The Labute approximate surface area is 114 Å². The van der Waals surface area contributed by atoms with Crippen LogP contribution in [0.5, 0.6) is 0 Å². The van der Waals surface area contributed by atoms with E-state index < -0.39 is 0 Å². The lowest BCUT2D eigenvalue weighted by Crippen LogP contribution is -2.10. The Morgan fingerprint density at radius 2 is 2.17 bits per heavy atom. The van der Waals surface area contributed by atoms with E-state index in [4.69, 9.17) is 0 Å². The summed E-state index contributed by atoms with van der Waals surface area (Å²) in [5.41, 5.74) is 1.89. The van der Waals surface area contributed by atoms with Gasteiger partial charge in [0.25, 0.3) is 0 Å². The first-order valence-electron chi connectivity index (χ1n) is 5.80. The molecule has 6 heteroatoms. The number of hydrogen-bond donors (Lipinski definition) is 1. The van der Waals surface area contributed by atoms with Gasteiger partial charge in [-0.25, -0.2) is 9.97 Å². The third-order valence-electron chi connectivity index (χ3n) is 2.36. The van der Waals surface area contributed by atoms with Gasteiger partial charge in [-0.05, 0) is 20.3 Å². The van der Waals surface area contributed by atoms with Gasteiger partial charge in [0.1, 0.15) is 0 Å². The Balaban J connectivity index is 2.15. The van der Waals surface area contributed by atoms with Crippen LogP contribution in [0.2, 0.25) is 0 Å². The molecular weight excluding hydrogens is 266 g/mol.